The van der Waals surface area contributed by atoms with Gasteiger partial charge in [0.2, 0.25) is 6.29 Å². The normalized spacial score (nSPS) is 50.8. The molecule has 7 rings (SSSR count). The lowest BCUT2D eigenvalue weighted by atomic mass is 9.33. The highest BCUT2D eigenvalue weighted by atomic mass is 16.7. The highest BCUT2D eigenvalue weighted by Gasteiger charge is 2.92. The number of epoxide rings is 1. The summed E-state index contributed by atoms with van der Waals surface area (Å²) in [5.74, 6) is -5.77. The first-order chi connectivity index (χ1) is 21.9. The van der Waals surface area contributed by atoms with Gasteiger partial charge < -0.3 is 43.4 Å². The monoisotopic (exact) mass is 660 g/mol. The Labute approximate surface area is 272 Å². The van der Waals surface area contributed by atoms with Crippen LogP contribution in [0.5, 0.6) is 0 Å². The van der Waals surface area contributed by atoms with Crippen LogP contribution in [0.25, 0.3) is 0 Å². The van der Waals surface area contributed by atoms with Crippen LogP contribution in [0, 0.1) is 39.4 Å². The molecule has 47 heavy (non-hydrogen) atoms. The van der Waals surface area contributed by atoms with E-state index in [2.05, 4.69) is 0 Å². The van der Waals surface area contributed by atoms with Gasteiger partial charge in [0, 0.05) is 41.9 Å². The maximum absolute atomic E-state index is 15.0. The molecule has 3 heterocycles. The van der Waals surface area contributed by atoms with Gasteiger partial charge in [0.15, 0.2) is 18.0 Å². The molecule has 13 nitrogen and oxygen atoms in total. The number of rotatable bonds is 5. The lowest BCUT2D eigenvalue weighted by molar-refractivity contribution is -0.391. The zero-order valence-electron chi connectivity index (χ0n) is 27.6. The van der Waals surface area contributed by atoms with Gasteiger partial charge in [-0.05, 0) is 37.3 Å². The van der Waals surface area contributed by atoms with Gasteiger partial charge in [-0.25, -0.2) is 0 Å². The van der Waals surface area contributed by atoms with Crippen LogP contribution in [-0.4, -0.2) is 94.1 Å². The largest absolute Gasteiger partial charge is 0.472 e. The van der Waals surface area contributed by atoms with Gasteiger partial charge in [0.1, 0.15) is 17.8 Å². The van der Waals surface area contributed by atoms with Crippen molar-refractivity contribution < 1.29 is 62.6 Å². The molecule has 1 spiro atoms. The third-order valence-electron chi connectivity index (χ3n) is 13.3. The van der Waals surface area contributed by atoms with E-state index < -0.39 is 112 Å². The smallest absolute Gasteiger partial charge is 0.310 e. The van der Waals surface area contributed by atoms with Gasteiger partial charge in [-0.2, -0.15) is 0 Å². The van der Waals surface area contributed by atoms with Gasteiger partial charge in [-0.15, -0.1) is 0 Å². The molecular formula is C34H44O13. The van der Waals surface area contributed by atoms with Crippen LogP contribution < -0.4 is 0 Å². The Hall–Kier alpha value is -2.84. The van der Waals surface area contributed by atoms with Crippen LogP contribution in [0.1, 0.15) is 72.8 Å². The molecule has 13 heteroatoms. The summed E-state index contributed by atoms with van der Waals surface area (Å²) >= 11 is 0. The summed E-state index contributed by atoms with van der Waals surface area (Å²) in [5.41, 5.74) is -6.04. The quantitative estimate of drug-likeness (QED) is 0.235. The predicted molar refractivity (Wildman–Crippen MR) is 157 cm³/mol. The van der Waals surface area contributed by atoms with Crippen LogP contribution >= 0.6 is 0 Å². The molecule has 4 saturated carbocycles. The van der Waals surface area contributed by atoms with Crippen LogP contribution in [0.2, 0.25) is 0 Å². The van der Waals surface area contributed by atoms with E-state index in [-0.39, 0.29) is 18.9 Å². The van der Waals surface area contributed by atoms with Gasteiger partial charge in [-0.1, -0.05) is 27.7 Å². The Kier molecular flexibility index (Phi) is 7.02. The molecule has 258 valence electrons. The maximum Gasteiger partial charge on any atom is 0.310 e. The van der Waals surface area contributed by atoms with Crippen molar-refractivity contribution in [3.63, 3.8) is 0 Å². The van der Waals surface area contributed by atoms with E-state index in [1.807, 2.05) is 6.92 Å². The fraction of sp³-hybridized carbons (Fsp3) is 0.765. The van der Waals surface area contributed by atoms with E-state index in [0.717, 1.165) is 19.4 Å². The minimum atomic E-state index is -1.66. The number of aliphatic hydroxyl groups excluding tert-OH is 3. The SMILES string of the molecule is CC(=O)O[C@H]1[C@@H](OC(C)=O)[C@]2(C)[C@@H](OC(=O)C(C)C)OC[C@]3([C@H]4C(=O)[C@@H](O)[C@@]5(C)[C@H](c6ccoc6)C[C@H]6O[C@]65[C@]4(C)[C@H](O)C[C@@H]23)[C@H]1O. The predicted octanol–water partition coefficient (Wildman–Crippen LogP) is 1.64. The summed E-state index contributed by atoms with van der Waals surface area (Å²) in [4.78, 5) is 53.1. The van der Waals surface area contributed by atoms with Gasteiger partial charge in [-0.3, -0.25) is 19.2 Å². The number of ether oxygens (including phenoxy) is 5. The molecule has 0 unspecified atom stereocenters. The number of furan rings is 1. The van der Waals surface area contributed by atoms with Crippen molar-refractivity contribution in [1.29, 1.82) is 0 Å². The zero-order valence-corrected chi connectivity index (χ0v) is 27.6. The Bertz CT molecular complexity index is 1510. The van der Waals surface area contributed by atoms with Gasteiger partial charge >= 0.3 is 17.9 Å². The number of ketones is 1. The summed E-state index contributed by atoms with van der Waals surface area (Å²) in [7, 11) is 0. The molecule has 1 aromatic heterocycles. The van der Waals surface area contributed by atoms with Crippen LogP contribution in [-0.2, 0) is 42.9 Å². The van der Waals surface area contributed by atoms with E-state index in [1.54, 1.807) is 40.0 Å². The van der Waals surface area contributed by atoms with Crippen molar-refractivity contribution in [2.75, 3.05) is 6.61 Å². The standard InChI is InChI=1S/C34H44O13/c1-14(2)28(41)46-29-30(5)19-11-20(37)32(7)24(33(19,13-43-29)26(40)23(44-15(3)35)27(30)45-16(4)36)22(38)25(39)31(6)18(17-8-9-42-12-17)10-21-34(31,32)47-21/h8-9,12,14,18-21,23-27,29,37,39-40H,10-11,13H2,1-7H3/t18-,19-,20+,21+,23+,24-,25+,26-,27+,29+,30+,31+,32+,33-,34+/m0/s1. The first kappa shape index (κ1) is 32.7. The second kappa shape index (κ2) is 10.1. The summed E-state index contributed by atoms with van der Waals surface area (Å²) in [6.45, 7) is 10.5. The number of Topliss-reactive ketones (excluding diaryl/α,β-unsaturated/α-hetero) is 1. The lowest BCUT2D eigenvalue weighted by Gasteiger charge is -2.73. The van der Waals surface area contributed by atoms with E-state index in [9.17, 15) is 34.5 Å². The van der Waals surface area contributed by atoms with Crippen molar-refractivity contribution in [2.45, 2.75) is 116 Å². The van der Waals surface area contributed by atoms with Crippen molar-refractivity contribution in [2.24, 2.45) is 39.4 Å². The number of hydrogen-bond donors (Lipinski definition) is 3. The number of hydrogen-bond acceptors (Lipinski definition) is 13. The molecular weight excluding hydrogens is 616 g/mol. The molecule has 6 fully saturated rings. The molecule has 0 radical (unpaired) electrons. The van der Waals surface area contributed by atoms with Crippen LogP contribution in [0.3, 0.4) is 0 Å². The number of carbonyl (C=O) groups is 4. The minimum absolute atomic E-state index is 0.0299. The molecule has 0 aromatic carbocycles. The van der Waals surface area contributed by atoms with Crippen molar-refractivity contribution >= 4 is 23.7 Å². The second-order valence-corrected chi connectivity index (χ2v) is 15.6. The Morgan fingerprint density at radius 3 is 2.26 bits per heavy atom. The van der Waals surface area contributed by atoms with E-state index in [1.165, 1.54) is 6.26 Å². The highest BCUT2D eigenvalue weighted by molar-refractivity contribution is 5.91. The average molecular weight is 661 g/mol. The van der Waals surface area contributed by atoms with Crippen molar-refractivity contribution in [3.8, 4) is 0 Å². The number of carbonyl (C=O) groups excluding carboxylic acids is 4. The first-order valence-electron chi connectivity index (χ1n) is 16.4. The molecule has 1 aromatic rings. The molecule has 15 atom stereocenters. The topological polar surface area (TPSA) is 192 Å². The molecule has 4 aliphatic carbocycles. The van der Waals surface area contributed by atoms with E-state index in [4.69, 9.17) is 28.1 Å². The third kappa shape index (κ3) is 3.67. The first-order valence-corrected chi connectivity index (χ1v) is 16.4. The minimum Gasteiger partial charge on any atom is -0.472 e. The molecule has 0 amide bonds. The summed E-state index contributed by atoms with van der Waals surface area (Å²) in [6.07, 6.45) is -5.57. The van der Waals surface area contributed by atoms with Crippen molar-refractivity contribution in [1.82, 2.24) is 0 Å². The second-order valence-electron chi connectivity index (χ2n) is 15.6. The fourth-order valence-corrected chi connectivity index (χ4v) is 11.4. The Morgan fingerprint density at radius 2 is 1.66 bits per heavy atom. The van der Waals surface area contributed by atoms with Gasteiger partial charge in [0.25, 0.3) is 0 Å². The molecule has 2 saturated heterocycles. The fourth-order valence-electron chi connectivity index (χ4n) is 11.4. The highest BCUT2D eigenvalue weighted by Crippen LogP contribution is 2.82. The Balaban J connectivity index is 1.43. The lowest BCUT2D eigenvalue weighted by Crippen LogP contribution is -2.84. The average Bonchev–Trinajstić information content (AvgIpc) is 3.35. The summed E-state index contributed by atoms with van der Waals surface area (Å²) in [6, 6.07) is 1.80. The summed E-state index contributed by atoms with van der Waals surface area (Å²) < 4.78 is 35.6. The van der Waals surface area contributed by atoms with Gasteiger partial charge in [0.05, 0.1) is 42.7 Å². The van der Waals surface area contributed by atoms with Crippen LogP contribution in [0.4, 0.5) is 0 Å². The number of esters is 3. The molecule has 6 aliphatic rings. The zero-order chi connectivity index (χ0) is 34.2. The maximum atomic E-state index is 15.0. The summed E-state index contributed by atoms with van der Waals surface area (Å²) in [5, 5.41) is 37.1. The van der Waals surface area contributed by atoms with Crippen molar-refractivity contribution in [3.05, 3.63) is 24.2 Å². The molecule has 3 N–H and O–H groups in total. The van der Waals surface area contributed by atoms with Crippen LogP contribution in [0.15, 0.2) is 23.0 Å². The van der Waals surface area contributed by atoms with E-state index in [0.29, 0.717) is 6.42 Å². The number of fused-ring (bicyclic) bond motifs is 1. The molecule has 2 bridgehead atoms. The third-order valence-corrected chi connectivity index (χ3v) is 13.3. The molecule has 2 aliphatic heterocycles. The Morgan fingerprint density at radius 1 is 0.979 bits per heavy atom. The van der Waals surface area contributed by atoms with E-state index >= 15 is 0 Å². The number of aliphatic hydroxyl groups is 3.